The number of benzene rings is 1. The van der Waals surface area contributed by atoms with Crippen LogP contribution in [-0.2, 0) is 0 Å². The maximum Gasteiger partial charge on any atom is 0.129 e. The summed E-state index contributed by atoms with van der Waals surface area (Å²) in [6.45, 7) is 0. The highest BCUT2D eigenvalue weighted by Crippen LogP contribution is 2.19. The summed E-state index contributed by atoms with van der Waals surface area (Å²) in [5.41, 5.74) is 0.381. The SMILES string of the molecule is CSCC(O)c1ccccc1F. The molecule has 1 unspecified atom stereocenters. The molecule has 1 aromatic carbocycles. The average molecular weight is 186 g/mol. The predicted octanol–water partition coefficient (Wildman–Crippen LogP) is 2.22. The summed E-state index contributed by atoms with van der Waals surface area (Å²) in [6, 6.07) is 6.31. The Balaban J connectivity index is 2.79. The monoisotopic (exact) mass is 186 g/mol. The Labute approximate surface area is 75.6 Å². The van der Waals surface area contributed by atoms with Crippen LogP contribution < -0.4 is 0 Å². The number of hydrogen-bond acceptors (Lipinski definition) is 2. The van der Waals surface area contributed by atoms with Gasteiger partial charge in [-0.2, -0.15) is 11.8 Å². The normalized spacial score (nSPS) is 12.9. The molecule has 0 heterocycles. The third-order valence-corrected chi connectivity index (χ3v) is 2.24. The molecule has 0 spiro atoms. The van der Waals surface area contributed by atoms with Crippen molar-refractivity contribution in [3.05, 3.63) is 35.6 Å². The Bertz CT molecular complexity index is 252. The highest BCUT2D eigenvalue weighted by molar-refractivity contribution is 7.98. The van der Waals surface area contributed by atoms with Gasteiger partial charge in [0.05, 0.1) is 6.10 Å². The zero-order valence-corrected chi connectivity index (χ0v) is 7.64. The van der Waals surface area contributed by atoms with Gasteiger partial charge in [-0.25, -0.2) is 4.39 Å². The van der Waals surface area contributed by atoms with Crippen molar-refractivity contribution in [2.45, 2.75) is 6.10 Å². The molecule has 1 nitrogen and oxygen atoms in total. The van der Waals surface area contributed by atoms with Crippen LogP contribution in [0.3, 0.4) is 0 Å². The quantitative estimate of drug-likeness (QED) is 0.781. The van der Waals surface area contributed by atoms with Gasteiger partial charge in [0.2, 0.25) is 0 Å². The van der Waals surface area contributed by atoms with E-state index in [-0.39, 0.29) is 5.82 Å². The highest BCUT2D eigenvalue weighted by Gasteiger charge is 2.10. The fourth-order valence-corrected chi connectivity index (χ4v) is 1.49. The molecule has 1 N–H and O–H groups in total. The summed E-state index contributed by atoms with van der Waals surface area (Å²) < 4.78 is 13.0. The molecule has 66 valence electrons. The molecule has 0 amide bonds. The van der Waals surface area contributed by atoms with Crippen molar-refractivity contribution in [1.29, 1.82) is 0 Å². The minimum Gasteiger partial charge on any atom is -0.387 e. The Morgan fingerprint density at radius 3 is 2.75 bits per heavy atom. The molecule has 1 atom stereocenters. The van der Waals surface area contributed by atoms with E-state index in [1.54, 1.807) is 18.2 Å². The number of thioether (sulfide) groups is 1. The van der Waals surface area contributed by atoms with Crippen molar-refractivity contribution in [1.82, 2.24) is 0 Å². The number of halogens is 1. The second kappa shape index (κ2) is 4.48. The molecule has 0 aliphatic rings. The van der Waals surface area contributed by atoms with Crippen LogP contribution in [0.4, 0.5) is 4.39 Å². The summed E-state index contributed by atoms with van der Waals surface area (Å²) in [5.74, 6) is 0.194. The van der Waals surface area contributed by atoms with Gasteiger partial charge < -0.3 is 5.11 Å². The van der Waals surface area contributed by atoms with E-state index in [1.165, 1.54) is 17.8 Å². The topological polar surface area (TPSA) is 20.2 Å². The fourth-order valence-electron chi connectivity index (χ4n) is 0.993. The lowest BCUT2D eigenvalue weighted by atomic mass is 10.1. The molecule has 0 aromatic heterocycles. The van der Waals surface area contributed by atoms with E-state index in [2.05, 4.69) is 0 Å². The van der Waals surface area contributed by atoms with E-state index in [4.69, 9.17) is 0 Å². The number of aliphatic hydroxyl groups excluding tert-OH is 1. The van der Waals surface area contributed by atoms with Crippen LogP contribution in [0.2, 0.25) is 0 Å². The first-order valence-electron chi connectivity index (χ1n) is 3.67. The summed E-state index contributed by atoms with van der Waals surface area (Å²) >= 11 is 1.50. The molecule has 3 heteroatoms. The zero-order valence-electron chi connectivity index (χ0n) is 6.83. The number of hydrogen-bond donors (Lipinski definition) is 1. The van der Waals surface area contributed by atoms with Crippen LogP contribution in [0.5, 0.6) is 0 Å². The van der Waals surface area contributed by atoms with Gasteiger partial charge in [-0.1, -0.05) is 18.2 Å². The van der Waals surface area contributed by atoms with E-state index in [0.717, 1.165) is 0 Å². The molecule has 0 aliphatic carbocycles. The van der Waals surface area contributed by atoms with Crippen molar-refractivity contribution in [2.24, 2.45) is 0 Å². The third-order valence-electron chi connectivity index (χ3n) is 1.59. The molecule has 0 saturated carbocycles. The summed E-state index contributed by atoms with van der Waals surface area (Å²) in [5, 5.41) is 9.44. The zero-order chi connectivity index (χ0) is 8.97. The van der Waals surface area contributed by atoms with Gasteiger partial charge in [-0.15, -0.1) is 0 Å². The molecular weight excluding hydrogens is 175 g/mol. The second-order valence-corrected chi connectivity index (χ2v) is 3.40. The van der Waals surface area contributed by atoms with Crippen LogP contribution in [0, 0.1) is 5.82 Å². The van der Waals surface area contributed by atoms with Crippen molar-refractivity contribution in [2.75, 3.05) is 12.0 Å². The molecular formula is C9H11FOS. The fraction of sp³-hybridized carbons (Fsp3) is 0.333. The first kappa shape index (κ1) is 9.55. The van der Waals surface area contributed by atoms with E-state index in [1.807, 2.05) is 6.26 Å². The second-order valence-electron chi connectivity index (χ2n) is 2.49. The van der Waals surface area contributed by atoms with Crippen molar-refractivity contribution in [3.63, 3.8) is 0 Å². The minimum absolute atomic E-state index is 0.334. The predicted molar refractivity (Wildman–Crippen MR) is 49.7 cm³/mol. The van der Waals surface area contributed by atoms with Crippen molar-refractivity contribution >= 4 is 11.8 Å². The van der Waals surface area contributed by atoms with Gasteiger partial charge in [-0.05, 0) is 12.3 Å². The Morgan fingerprint density at radius 1 is 1.50 bits per heavy atom. The Kier molecular flexibility index (Phi) is 3.56. The number of rotatable bonds is 3. The molecule has 1 aromatic rings. The van der Waals surface area contributed by atoms with Crippen LogP contribution in [0.25, 0.3) is 0 Å². The van der Waals surface area contributed by atoms with E-state index >= 15 is 0 Å². The van der Waals surface area contributed by atoms with E-state index in [0.29, 0.717) is 11.3 Å². The largest absolute Gasteiger partial charge is 0.387 e. The molecule has 0 radical (unpaired) electrons. The molecule has 1 rings (SSSR count). The van der Waals surface area contributed by atoms with Crippen LogP contribution in [-0.4, -0.2) is 17.1 Å². The lowest BCUT2D eigenvalue weighted by Gasteiger charge is -2.09. The van der Waals surface area contributed by atoms with Gasteiger partial charge in [-0.3, -0.25) is 0 Å². The van der Waals surface area contributed by atoms with Crippen LogP contribution in [0.15, 0.2) is 24.3 Å². The molecule has 0 fully saturated rings. The lowest BCUT2D eigenvalue weighted by Crippen LogP contribution is -2.02. The van der Waals surface area contributed by atoms with E-state index in [9.17, 15) is 9.50 Å². The van der Waals surface area contributed by atoms with Crippen molar-refractivity contribution < 1.29 is 9.50 Å². The Morgan fingerprint density at radius 2 is 2.17 bits per heavy atom. The molecule has 0 bridgehead atoms. The first-order chi connectivity index (χ1) is 5.75. The minimum atomic E-state index is -0.693. The van der Waals surface area contributed by atoms with Gasteiger partial charge >= 0.3 is 0 Å². The number of aliphatic hydroxyl groups is 1. The van der Waals surface area contributed by atoms with Gasteiger partial charge in [0.25, 0.3) is 0 Å². The average Bonchev–Trinajstić information content (AvgIpc) is 2.05. The van der Waals surface area contributed by atoms with Crippen LogP contribution in [0.1, 0.15) is 11.7 Å². The van der Waals surface area contributed by atoms with Crippen LogP contribution >= 0.6 is 11.8 Å². The third kappa shape index (κ3) is 2.22. The standard InChI is InChI=1S/C9H11FOS/c1-12-6-9(11)7-4-2-3-5-8(7)10/h2-5,9,11H,6H2,1H3. The van der Waals surface area contributed by atoms with Gasteiger partial charge in [0, 0.05) is 11.3 Å². The van der Waals surface area contributed by atoms with Gasteiger partial charge in [0.1, 0.15) is 5.82 Å². The highest BCUT2D eigenvalue weighted by atomic mass is 32.2. The molecule has 0 aliphatic heterocycles. The van der Waals surface area contributed by atoms with Crippen molar-refractivity contribution in [3.8, 4) is 0 Å². The summed E-state index contributed by atoms with van der Waals surface area (Å²) in [6.07, 6.45) is 1.19. The lowest BCUT2D eigenvalue weighted by molar-refractivity contribution is 0.199. The first-order valence-corrected chi connectivity index (χ1v) is 5.06. The molecule has 12 heavy (non-hydrogen) atoms. The maximum absolute atomic E-state index is 13.0. The molecule has 0 saturated heterocycles. The van der Waals surface area contributed by atoms with E-state index < -0.39 is 6.10 Å². The maximum atomic E-state index is 13.0. The Hall–Kier alpha value is -0.540. The smallest absolute Gasteiger partial charge is 0.129 e. The summed E-state index contributed by atoms with van der Waals surface area (Å²) in [7, 11) is 0. The summed E-state index contributed by atoms with van der Waals surface area (Å²) in [4.78, 5) is 0. The van der Waals surface area contributed by atoms with Gasteiger partial charge in [0.15, 0.2) is 0 Å².